The van der Waals surface area contributed by atoms with E-state index < -0.39 is 0 Å². The molecule has 0 bridgehead atoms. The lowest BCUT2D eigenvalue weighted by Crippen LogP contribution is -3.00. The largest absolute Gasteiger partial charge is 1.00 e. The number of rotatable bonds is 1. The molecule has 98 valence electrons. The number of aromatic nitrogens is 2. The van der Waals surface area contributed by atoms with Crippen LogP contribution in [-0.2, 0) is 0 Å². The standard InChI is InChI=1S/C14H10Cl2N2.BrH/c1-9-4-5-18-8-13(17-14(18)6-9)11-3-2-10(15)7-12(11)16;/h2-8H,1H3;1H/p-1. The molecule has 0 saturated heterocycles. The fourth-order valence-corrected chi connectivity index (χ4v) is 2.42. The molecule has 0 aliphatic carbocycles. The van der Waals surface area contributed by atoms with E-state index in [-0.39, 0.29) is 17.0 Å². The highest BCUT2D eigenvalue weighted by atomic mass is 79.9. The lowest BCUT2D eigenvalue weighted by atomic mass is 10.2. The van der Waals surface area contributed by atoms with Crippen molar-refractivity contribution in [3.8, 4) is 11.3 Å². The van der Waals surface area contributed by atoms with Gasteiger partial charge in [0.1, 0.15) is 5.65 Å². The first kappa shape index (κ1) is 14.4. The number of hydrogen-bond donors (Lipinski definition) is 0. The van der Waals surface area contributed by atoms with Crippen molar-refractivity contribution >= 4 is 28.8 Å². The molecule has 0 N–H and O–H groups in total. The summed E-state index contributed by atoms with van der Waals surface area (Å²) in [6.45, 7) is 2.05. The van der Waals surface area contributed by atoms with Crippen LogP contribution in [0.4, 0.5) is 0 Å². The van der Waals surface area contributed by atoms with Crippen LogP contribution >= 0.6 is 23.2 Å². The molecule has 5 heteroatoms. The van der Waals surface area contributed by atoms with Crippen LogP contribution in [0.2, 0.25) is 10.0 Å². The molecule has 1 aromatic carbocycles. The van der Waals surface area contributed by atoms with Gasteiger partial charge in [0.2, 0.25) is 0 Å². The molecule has 19 heavy (non-hydrogen) atoms. The maximum atomic E-state index is 6.19. The van der Waals surface area contributed by atoms with Gasteiger partial charge in [0.25, 0.3) is 0 Å². The third-order valence-corrected chi connectivity index (χ3v) is 3.37. The third kappa shape index (κ3) is 2.78. The van der Waals surface area contributed by atoms with Crippen LogP contribution in [-0.4, -0.2) is 9.38 Å². The summed E-state index contributed by atoms with van der Waals surface area (Å²) in [6.07, 6.45) is 3.95. The summed E-state index contributed by atoms with van der Waals surface area (Å²) >= 11 is 12.1. The van der Waals surface area contributed by atoms with Crippen molar-refractivity contribution in [2.75, 3.05) is 0 Å². The lowest BCUT2D eigenvalue weighted by molar-refractivity contribution is -0.00000354. The molecular weight excluding hydrogens is 347 g/mol. The van der Waals surface area contributed by atoms with Crippen LogP contribution in [0, 0.1) is 6.92 Å². The Balaban J connectivity index is 0.00000133. The Morgan fingerprint density at radius 1 is 1.11 bits per heavy atom. The second kappa shape index (κ2) is 5.53. The zero-order valence-electron chi connectivity index (χ0n) is 10.1. The minimum absolute atomic E-state index is 0. The van der Waals surface area contributed by atoms with E-state index in [4.69, 9.17) is 23.2 Å². The van der Waals surface area contributed by atoms with Crippen molar-refractivity contribution in [2.24, 2.45) is 0 Å². The highest BCUT2D eigenvalue weighted by Crippen LogP contribution is 2.29. The summed E-state index contributed by atoms with van der Waals surface area (Å²) in [5, 5.41) is 1.24. The average molecular weight is 357 g/mol. The van der Waals surface area contributed by atoms with Crippen molar-refractivity contribution < 1.29 is 17.0 Å². The molecule has 0 aliphatic heterocycles. The van der Waals surface area contributed by atoms with Crippen molar-refractivity contribution in [2.45, 2.75) is 6.92 Å². The molecule has 2 aromatic heterocycles. The monoisotopic (exact) mass is 355 g/mol. The summed E-state index contributed by atoms with van der Waals surface area (Å²) in [5.41, 5.74) is 3.84. The topological polar surface area (TPSA) is 17.3 Å². The molecule has 0 radical (unpaired) electrons. The van der Waals surface area contributed by atoms with Gasteiger partial charge >= 0.3 is 0 Å². The molecule has 3 aromatic rings. The summed E-state index contributed by atoms with van der Waals surface area (Å²) in [4.78, 5) is 4.57. The summed E-state index contributed by atoms with van der Waals surface area (Å²) in [6, 6.07) is 9.51. The van der Waals surface area contributed by atoms with E-state index in [1.165, 1.54) is 5.56 Å². The molecule has 2 nitrogen and oxygen atoms in total. The number of hydrogen-bond acceptors (Lipinski definition) is 1. The van der Waals surface area contributed by atoms with Crippen molar-refractivity contribution in [3.63, 3.8) is 0 Å². The minimum Gasteiger partial charge on any atom is -1.00 e. The van der Waals surface area contributed by atoms with Gasteiger partial charge in [-0.2, -0.15) is 0 Å². The van der Waals surface area contributed by atoms with Crippen molar-refractivity contribution in [1.29, 1.82) is 0 Å². The Hall–Kier alpha value is -1.03. The van der Waals surface area contributed by atoms with Crippen LogP contribution in [0.3, 0.4) is 0 Å². The zero-order valence-corrected chi connectivity index (χ0v) is 13.2. The SMILES string of the molecule is Cc1ccn2cc(-c3ccc(Cl)cc3Cl)nc2c1.[Br-]. The summed E-state index contributed by atoms with van der Waals surface area (Å²) < 4.78 is 1.98. The van der Waals surface area contributed by atoms with Crippen LogP contribution in [0.15, 0.2) is 42.7 Å². The van der Waals surface area contributed by atoms with Crippen LogP contribution in [0.5, 0.6) is 0 Å². The lowest BCUT2D eigenvalue weighted by Gasteiger charge is -2.00. The molecule has 2 heterocycles. The van der Waals surface area contributed by atoms with Crippen LogP contribution in [0.25, 0.3) is 16.9 Å². The van der Waals surface area contributed by atoms with Gasteiger partial charge in [0.15, 0.2) is 0 Å². The Bertz CT molecular complexity index is 737. The molecule has 3 rings (SSSR count). The smallest absolute Gasteiger partial charge is 0.137 e. The Morgan fingerprint density at radius 3 is 2.63 bits per heavy atom. The summed E-state index contributed by atoms with van der Waals surface area (Å²) in [5.74, 6) is 0. The molecule has 0 amide bonds. The van der Waals surface area contributed by atoms with E-state index in [2.05, 4.69) is 4.98 Å². The van der Waals surface area contributed by atoms with E-state index in [1.54, 1.807) is 6.07 Å². The second-order valence-corrected chi connectivity index (χ2v) is 5.06. The molecule has 0 aliphatic rings. The van der Waals surface area contributed by atoms with E-state index in [9.17, 15) is 0 Å². The maximum Gasteiger partial charge on any atom is 0.137 e. The predicted octanol–water partition coefficient (Wildman–Crippen LogP) is 1.62. The number of benzene rings is 1. The predicted molar refractivity (Wildman–Crippen MR) is 75.4 cm³/mol. The minimum atomic E-state index is 0. The van der Waals surface area contributed by atoms with Gasteiger partial charge < -0.3 is 21.4 Å². The Kier molecular flexibility index (Phi) is 4.19. The van der Waals surface area contributed by atoms with E-state index in [1.807, 2.05) is 48.0 Å². The zero-order chi connectivity index (χ0) is 12.7. The van der Waals surface area contributed by atoms with Gasteiger partial charge in [-0.3, -0.25) is 0 Å². The number of fused-ring (bicyclic) bond motifs is 1. The molecule has 0 unspecified atom stereocenters. The van der Waals surface area contributed by atoms with E-state index in [0.717, 1.165) is 16.9 Å². The van der Waals surface area contributed by atoms with Crippen molar-refractivity contribution in [1.82, 2.24) is 9.38 Å². The Labute approximate surface area is 131 Å². The van der Waals surface area contributed by atoms with Crippen LogP contribution < -0.4 is 17.0 Å². The van der Waals surface area contributed by atoms with Gasteiger partial charge in [0, 0.05) is 23.0 Å². The highest BCUT2D eigenvalue weighted by molar-refractivity contribution is 6.36. The van der Waals surface area contributed by atoms with E-state index >= 15 is 0 Å². The molecule has 0 saturated carbocycles. The third-order valence-electron chi connectivity index (χ3n) is 2.82. The van der Waals surface area contributed by atoms with Gasteiger partial charge in [-0.15, -0.1) is 0 Å². The number of imidazole rings is 1. The number of aryl methyl sites for hydroxylation is 1. The fourth-order valence-electron chi connectivity index (χ4n) is 1.91. The van der Waals surface area contributed by atoms with Gasteiger partial charge in [-0.05, 0) is 42.8 Å². The first-order chi connectivity index (χ1) is 8.63. The highest BCUT2D eigenvalue weighted by Gasteiger charge is 2.08. The molecular formula is C14H10BrCl2N2-. The molecule has 0 spiro atoms. The summed E-state index contributed by atoms with van der Waals surface area (Å²) in [7, 11) is 0. The maximum absolute atomic E-state index is 6.19. The van der Waals surface area contributed by atoms with Crippen molar-refractivity contribution in [3.05, 3.63) is 58.3 Å². The van der Waals surface area contributed by atoms with Crippen LogP contribution in [0.1, 0.15) is 5.56 Å². The van der Waals surface area contributed by atoms with Gasteiger partial charge in [-0.25, -0.2) is 4.98 Å². The average Bonchev–Trinajstić information content (AvgIpc) is 2.71. The van der Waals surface area contributed by atoms with E-state index in [0.29, 0.717) is 10.0 Å². The van der Waals surface area contributed by atoms with Gasteiger partial charge in [-0.1, -0.05) is 23.2 Å². The number of nitrogens with zero attached hydrogens (tertiary/aromatic N) is 2. The first-order valence-corrected chi connectivity index (χ1v) is 6.30. The fraction of sp³-hybridized carbons (Fsp3) is 0.0714. The second-order valence-electron chi connectivity index (χ2n) is 4.22. The number of pyridine rings is 1. The molecule has 0 atom stereocenters. The quantitative estimate of drug-likeness (QED) is 0.647. The Morgan fingerprint density at radius 2 is 1.89 bits per heavy atom. The molecule has 0 fully saturated rings. The normalized spacial score (nSPS) is 10.5. The first-order valence-electron chi connectivity index (χ1n) is 5.54. The van der Waals surface area contributed by atoms with Gasteiger partial charge in [0.05, 0.1) is 10.7 Å². The number of halogens is 3.